The van der Waals surface area contributed by atoms with Gasteiger partial charge in [0, 0.05) is 46.9 Å². The highest BCUT2D eigenvalue weighted by Crippen LogP contribution is 2.35. The molecule has 0 spiro atoms. The Morgan fingerprint density at radius 3 is 2.55 bits per heavy atom. The van der Waals surface area contributed by atoms with E-state index in [-0.39, 0.29) is 11.8 Å². The van der Waals surface area contributed by atoms with Gasteiger partial charge in [-0.3, -0.25) is 9.52 Å². The number of aromatic amines is 1. The zero-order chi connectivity index (χ0) is 19.8. The van der Waals surface area contributed by atoms with Crippen LogP contribution in [0.25, 0.3) is 22.2 Å². The molecule has 1 aliphatic carbocycles. The Morgan fingerprint density at radius 1 is 1.03 bits per heavy atom. The molecule has 2 heterocycles. The number of benzene rings is 2. The number of rotatable bonds is 5. The summed E-state index contributed by atoms with van der Waals surface area (Å²) in [6.07, 6.45) is 5.27. The van der Waals surface area contributed by atoms with Crippen molar-refractivity contribution < 1.29 is 9.00 Å². The summed E-state index contributed by atoms with van der Waals surface area (Å²) in [7, 11) is -1.55. The molecule has 2 aromatic carbocycles. The van der Waals surface area contributed by atoms with Gasteiger partial charge in [-0.25, -0.2) is 4.21 Å². The van der Waals surface area contributed by atoms with E-state index < -0.39 is 11.0 Å². The Hall–Kier alpha value is -2.60. The molecular formula is C23H25N3O2S. The maximum atomic E-state index is 12.8. The van der Waals surface area contributed by atoms with Gasteiger partial charge < -0.3 is 9.88 Å². The summed E-state index contributed by atoms with van der Waals surface area (Å²) in [4.78, 5) is 18.8. The molecular weight excluding hydrogens is 382 g/mol. The summed E-state index contributed by atoms with van der Waals surface area (Å²) >= 11 is 0. The first-order chi connectivity index (χ1) is 14.2. The van der Waals surface area contributed by atoms with E-state index in [1.165, 1.54) is 12.8 Å². The predicted octanol–water partition coefficient (Wildman–Crippen LogP) is 4.37. The molecule has 150 valence electrons. The SMILES string of the molecule is O=C(NS(=O)c1ccc(N2CCCC2)c(-c2cc3ccccc3[nH]2)c1)C1CCC1. The molecule has 6 heteroatoms. The van der Waals surface area contributed by atoms with Crippen molar-refractivity contribution in [2.24, 2.45) is 5.92 Å². The van der Waals surface area contributed by atoms with Crippen LogP contribution in [0.4, 0.5) is 5.69 Å². The lowest BCUT2D eigenvalue weighted by Gasteiger charge is -2.24. The first kappa shape index (κ1) is 18.4. The molecule has 0 radical (unpaired) electrons. The highest BCUT2D eigenvalue weighted by molar-refractivity contribution is 7.83. The summed E-state index contributed by atoms with van der Waals surface area (Å²) in [6, 6.07) is 16.3. The Morgan fingerprint density at radius 2 is 1.83 bits per heavy atom. The van der Waals surface area contributed by atoms with Crippen LogP contribution in [0.15, 0.2) is 53.4 Å². The van der Waals surface area contributed by atoms with Crippen LogP contribution < -0.4 is 9.62 Å². The topological polar surface area (TPSA) is 65.2 Å². The zero-order valence-electron chi connectivity index (χ0n) is 16.3. The van der Waals surface area contributed by atoms with Crippen molar-refractivity contribution in [3.05, 3.63) is 48.5 Å². The Balaban J connectivity index is 1.51. The second-order valence-corrected chi connectivity index (χ2v) is 9.22. The molecule has 1 aromatic heterocycles. The van der Waals surface area contributed by atoms with Crippen LogP contribution in [-0.2, 0) is 15.8 Å². The molecule has 1 saturated carbocycles. The van der Waals surface area contributed by atoms with Crippen molar-refractivity contribution in [1.82, 2.24) is 9.71 Å². The van der Waals surface area contributed by atoms with Crippen molar-refractivity contribution in [1.29, 1.82) is 0 Å². The number of H-pyrrole nitrogens is 1. The fourth-order valence-corrected chi connectivity index (χ4v) is 5.09. The first-order valence-electron chi connectivity index (χ1n) is 10.4. The minimum Gasteiger partial charge on any atom is -0.371 e. The zero-order valence-corrected chi connectivity index (χ0v) is 17.1. The second kappa shape index (κ2) is 7.67. The van der Waals surface area contributed by atoms with Gasteiger partial charge in [-0.05, 0) is 56.0 Å². The second-order valence-electron chi connectivity index (χ2n) is 8.01. The minimum absolute atomic E-state index is 0.0241. The fourth-order valence-electron chi connectivity index (χ4n) is 4.20. The molecule has 2 N–H and O–H groups in total. The van der Waals surface area contributed by atoms with Gasteiger partial charge >= 0.3 is 0 Å². The highest BCUT2D eigenvalue weighted by Gasteiger charge is 2.27. The molecule has 2 aliphatic rings. The number of para-hydroxylation sites is 1. The Kier molecular flexibility index (Phi) is 4.87. The fraction of sp³-hybridized carbons (Fsp3) is 0.348. The van der Waals surface area contributed by atoms with Gasteiger partial charge in [0.2, 0.25) is 5.91 Å². The molecule has 1 unspecified atom stereocenters. The lowest BCUT2D eigenvalue weighted by Crippen LogP contribution is -2.35. The van der Waals surface area contributed by atoms with E-state index in [1.54, 1.807) is 0 Å². The van der Waals surface area contributed by atoms with Crippen LogP contribution in [0, 0.1) is 5.92 Å². The van der Waals surface area contributed by atoms with E-state index >= 15 is 0 Å². The average Bonchev–Trinajstić information content (AvgIpc) is 3.35. The van der Waals surface area contributed by atoms with E-state index in [1.807, 2.05) is 24.3 Å². The molecule has 5 nitrogen and oxygen atoms in total. The summed E-state index contributed by atoms with van der Waals surface area (Å²) in [5.74, 6) is -0.0682. The van der Waals surface area contributed by atoms with Crippen molar-refractivity contribution in [3.8, 4) is 11.3 Å². The number of carbonyl (C=O) groups excluding carboxylic acids is 1. The van der Waals surface area contributed by atoms with E-state index in [2.05, 4.69) is 38.9 Å². The minimum atomic E-state index is -1.55. The monoisotopic (exact) mass is 407 g/mol. The van der Waals surface area contributed by atoms with Crippen molar-refractivity contribution in [2.45, 2.75) is 37.0 Å². The summed E-state index contributed by atoms with van der Waals surface area (Å²) in [5, 5.41) is 1.15. The van der Waals surface area contributed by atoms with Gasteiger partial charge in [0.1, 0.15) is 0 Å². The maximum Gasteiger partial charge on any atom is 0.235 e. The van der Waals surface area contributed by atoms with Gasteiger partial charge in [-0.15, -0.1) is 0 Å². The van der Waals surface area contributed by atoms with Crippen molar-refractivity contribution in [2.75, 3.05) is 18.0 Å². The van der Waals surface area contributed by atoms with Crippen LogP contribution in [0.2, 0.25) is 0 Å². The molecule has 1 atom stereocenters. The van der Waals surface area contributed by atoms with E-state index in [4.69, 9.17) is 0 Å². The Bertz CT molecular complexity index is 1050. The normalized spacial score (nSPS) is 18.0. The number of carbonyl (C=O) groups is 1. The summed E-state index contributed by atoms with van der Waals surface area (Å²) < 4.78 is 15.5. The summed E-state index contributed by atoms with van der Waals surface area (Å²) in [5.41, 5.74) is 4.28. The smallest absolute Gasteiger partial charge is 0.235 e. The molecule has 29 heavy (non-hydrogen) atoms. The predicted molar refractivity (Wildman–Crippen MR) is 117 cm³/mol. The standard InChI is InChI=1S/C23H25N3O2S/c27-23(16-7-5-8-16)25-29(28)18-10-11-22(26-12-3-4-13-26)19(15-18)21-14-17-6-1-2-9-20(17)24-21/h1-2,6,9-11,14-16,24H,3-5,7-8,12-13H2,(H,25,27). The van der Waals surface area contributed by atoms with Crippen molar-refractivity contribution >= 4 is 33.5 Å². The molecule has 0 bridgehead atoms. The molecule has 3 aromatic rings. The molecule has 1 saturated heterocycles. The Labute approximate surface area is 173 Å². The lowest BCUT2D eigenvalue weighted by molar-refractivity contribution is -0.125. The molecule has 5 rings (SSSR count). The van der Waals surface area contributed by atoms with Gasteiger partial charge in [0.05, 0.1) is 4.90 Å². The summed E-state index contributed by atoms with van der Waals surface area (Å²) in [6.45, 7) is 2.07. The third-order valence-electron chi connectivity index (χ3n) is 6.12. The molecule has 1 aliphatic heterocycles. The third-order valence-corrected chi connectivity index (χ3v) is 7.19. The van der Waals surface area contributed by atoms with Crippen LogP contribution in [-0.4, -0.2) is 28.2 Å². The van der Waals surface area contributed by atoms with Crippen LogP contribution in [0.5, 0.6) is 0 Å². The number of anilines is 1. The number of hydrogen-bond acceptors (Lipinski definition) is 3. The number of aromatic nitrogens is 1. The maximum absolute atomic E-state index is 12.8. The largest absolute Gasteiger partial charge is 0.371 e. The third kappa shape index (κ3) is 3.57. The quantitative estimate of drug-likeness (QED) is 0.660. The van der Waals surface area contributed by atoms with Crippen molar-refractivity contribution in [3.63, 3.8) is 0 Å². The van der Waals surface area contributed by atoms with Gasteiger partial charge in [0.25, 0.3) is 0 Å². The first-order valence-corrected chi connectivity index (χ1v) is 11.5. The van der Waals surface area contributed by atoms with E-state index in [9.17, 15) is 9.00 Å². The lowest BCUT2D eigenvalue weighted by atomic mass is 9.85. The van der Waals surface area contributed by atoms with E-state index in [0.717, 1.165) is 60.2 Å². The van der Waals surface area contributed by atoms with Crippen LogP contribution in [0.1, 0.15) is 32.1 Å². The number of fused-ring (bicyclic) bond motifs is 1. The number of amides is 1. The molecule has 1 amide bonds. The highest BCUT2D eigenvalue weighted by atomic mass is 32.2. The average molecular weight is 408 g/mol. The molecule has 2 fully saturated rings. The van der Waals surface area contributed by atoms with Gasteiger partial charge in [-0.1, -0.05) is 24.6 Å². The van der Waals surface area contributed by atoms with Crippen LogP contribution in [0.3, 0.4) is 0 Å². The number of nitrogens with zero attached hydrogens (tertiary/aromatic N) is 1. The van der Waals surface area contributed by atoms with Crippen LogP contribution >= 0.6 is 0 Å². The number of hydrogen-bond donors (Lipinski definition) is 2. The number of nitrogens with one attached hydrogen (secondary N) is 2. The van der Waals surface area contributed by atoms with E-state index in [0.29, 0.717) is 4.90 Å². The van der Waals surface area contributed by atoms with Gasteiger partial charge in [0.15, 0.2) is 11.0 Å². The van der Waals surface area contributed by atoms with Gasteiger partial charge in [-0.2, -0.15) is 0 Å².